The van der Waals surface area contributed by atoms with E-state index in [4.69, 9.17) is 5.73 Å². The highest BCUT2D eigenvalue weighted by molar-refractivity contribution is 4.93. The van der Waals surface area contributed by atoms with Crippen LogP contribution in [0.5, 0.6) is 0 Å². The van der Waals surface area contributed by atoms with Gasteiger partial charge in [0, 0.05) is 13.6 Å². The minimum absolute atomic E-state index is 0.708. The van der Waals surface area contributed by atoms with E-state index in [1.54, 1.807) is 7.05 Å². The van der Waals surface area contributed by atoms with Gasteiger partial charge >= 0.3 is 0 Å². The van der Waals surface area contributed by atoms with E-state index >= 15 is 0 Å². The van der Waals surface area contributed by atoms with Gasteiger partial charge in [0.15, 0.2) is 0 Å². The maximum absolute atomic E-state index is 5.37. The van der Waals surface area contributed by atoms with Gasteiger partial charge in [-0.05, 0) is 13.1 Å². The summed E-state index contributed by atoms with van der Waals surface area (Å²) in [4.78, 5) is 0. The molecule has 0 aliphatic rings. The summed E-state index contributed by atoms with van der Waals surface area (Å²) in [5.41, 5.74) is 5.37. The van der Waals surface area contributed by atoms with Crippen molar-refractivity contribution in [1.82, 2.24) is 10.6 Å². The molecule has 0 aromatic rings. The predicted molar refractivity (Wildman–Crippen MR) is 35.3 cm³/mol. The second kappa shape index (κ2) is 4.46. The first kappa shape index (κ1) is 7.30. The van der Waals surface area contributed by atoms with E-state index < -0.39 is 0 Å². The van der Waals surface area contributed by atoms with Crippen molar-refractivity contribution in [3.8, 4) is 0 Å². The van der Waals surface area contributed by atoms with Crippen molar-refractivity contribution in [3.05, 3.63) is 11.9 Å². The standard InChI is InChI=1S/C5H13N3/c1-7-4-3-5(6)8-2/h3,7-8H,4,6H2,1-2H3/b5-3-. The molecule has 0 aliphatic heterocycles. The van der Waals surface area contributed by atoms with Gasteiger partial charge in [-0.3, -0.25) is 0 Å². The zero-order valence-corrected chi connectivity index (χ0v) is 5.36. The smallest absolute Gasteiger partial charge is 0.0929 e. The lowest BCUT2D eigenvalue weighted by Gasteiger charge is -1.96. The van der Waals surface area contributed by atoms with Crippen LogP contribution in [0.15, 0.2) is 11.9 Å². The summed E-state index contributed by atoms with van der Waals surface area (Å²) in [5.74, 6) is 0.708. The predicted octanol–water partition coefficient (Wildman–Crippen LogP) is -0.775. The van der Waals surface area contributed by atoms with Crippen LogP contribution in [0.3, 0.4) is 0 Å². The van der Waals surface area contributed by atoms with E-state index in [1.165, 1.54) is 0 Å². The van der Waals surface area contributed by atoms with Gasteiger partial charge in [-0.15, -0.1) is 0 Å². The van der Waals surface area contributed by atoms with Crippen LogP contribution in [-0.4, -0.2) is 20.6 Å². The van der Waals surface area contributed by atoms with Crippen molar-refractivity contribution in [2.45, 2.75) is 0 Å². The molecule has 0 amide bonds. The molecule has 0 saturated carbocycles. The minimum Gasteiger partial charge on any atom is -0.386 e. The molecule has 3 heteroatoms. The largest absolute Gasteiger partial charge is 0.386 e. The minimum atomic E-state index is 0.708. The molecule has 0 aromatic carbocycles. The lowest BCUT2D eigenvalue weighted by atomic mass is 10.5. The van der Waals surface area contributed by atoms with Crippen molar-refractivity contribution in [1.29, 1.82) is 0 Å². The average molecular weight is 115 g/mol. The van der Waals surface area contributed by atoms with Crippen LogP contribution in [0.4, 0.5) is 0 Å². The quantitative estimate of drug-likeness (QED) is 0.452. The van der Waals surface area contributed by atoms with Crippen LogP contribution in [0, 0.1) is 0 Å². The third kappa shape index (κ3) is 3.49. The molecule has 0 unspecified atom stereocenters. The molecule has 8 heavy (non-hydrogen) atoms. The highest BCUT2D eigenvalue weighted by Gasteiger charge is 1.77. The molecule has 0 saturated heterocycles. The van der Waals surface area contributed by atoms with E-state index in [2.05, 4.69) is 10.6 Å². The molecule has 0 heterocycles. The molecular weight excluding hydrogens is 102 g/mol. The van der Waals surface area contributed by atoms with E-state index in [-0.39, 0.29) is 0 Å². The molecule has 0 rings (SSSR count). The Balaban J connectivity index is 3.26. The summed E-state index contributed by atoms with van der Waals surface area (Å²) in [6.07, 6.45) is 1.88. The molecule has 48 valence electrons. The Morgan fingerprint density at radius 3 is 2.62 bits per heavy atom. The molecular formula is C5H13N3. The topological polar surface area (TPSA) is 50.1 Å². The summed E-state index contributed by atoms with van der Waals surface area (Å²) >= 11 is 0. The Kier molecular flexibility index (Phi) is 4.07. The number of nitrogens with two attached hydrogens (primary N) is 1. The van der Waals surface area contributed by atoms with Crippen LogP contribution in [-0.2, 0) is 0 Å². The van der Waals surface area contributed by atoms with Crippen LogP contribution in [0.1, 0.15) is 0 Å². The number of hydrogen-bond donors (Lipinski definition) is 3. The Bertz CT molecular complexity index is 77.7. The third-order valence-corrected chi connectivity index (χ3v) is 0.815. The molecule has 3 nitrogen and oxygen atoms in total. The van der Waals surface area contributed by atoms with Crippen molar-refractivity contribution < 1.29 is 0 Å². The fraction of sp³-hybridized carbons (Fsp3) is 0.600. The fourth-order valence-electron chi connectivity index (χ4n) is 0.314. The Hall–Kier alpha value is -0.700. The van der Waals surface area contributed by atoms with Crippen LogP contribution >= 0.6 is 0 Å². The maximum Gasteiger partial charge on any atom is 0.0929 e. The first-order valence-corrected chi connectivity index (χ1v) is 2.59. The Morgan fingerprint density at radius 2 is 2.25 bits per heavy atom. The highest BCUT2D eigenvalue weighted by Crippen LogP contribution is 1.69. The Morgan fingerprint density at radius 1 is 1.62 bits per heavy atom. The number of hydrogen-bond acceptors (Lipinski definition) is 3. The molecule has 0 bridgehead atoms. The van der Waals surface area contributed by atoms with Crippen molar-refractivity contribution in [3.63, 3.8) is 0 Å². The summed E-state index contributed by atoms with van der Waals surface area (Å²) in [6, 6.07) is 0. The summed E-state index contributed by atoms with van der Waals surface area (Å²) in [5, 5.41) is 5.74. The first-order chi connectivity index (χ1) is 3.81. The van der Waals surface area contributed by atoms with Gasteiger partial charge in [0.25, 0.3) is 0 Å². The second-order valence-corrected chi connectivity index (χ2v) is 1.47. The van der Waals surface area contributed by atoms with Gasteiger partial charge < -0.3 is 16.4 Å². The lowest BCUT2D eigenvalue weighted by Crippen LogP contribution is -2.17. The molecule has 0 radical (unpaired) electrons. The van der Waals surface area contributed by atoms with Gasteiger partial charge in [0.05, 0.1) is 5.82 Å². The van der Waals surface area contributed by atoms with Crippen LogP contribution < -0.4 is 16.4 Å². The van der Waals surface area contributed by atoms with Crippen molar-refractivity contribution in [2.75, 3.05) is 20.6 Å². The van der Waals surface area contributed by atoms with Gasteiger partial charge in [0.2, 0.25) is 0 Å². The zero-order chi connectivity index (χ0) is 6.41. The van der Waals surface area contributed by atoms with Crippen molar-refractivity contribution in [2.24, 2.45) is 5.73 Å². The molecule has 0 atom stereocenters. The summed E-state index contributed by atoms with van der Waals surface area (Å²) < 4.78 is 0. The van der Waals surface area contributed by atoms with Gasteiger partial charge in [-0.2, -0.15) is 0 Å². The monoisotopic (exact) mass is 115 g/mol. The fourth-order valence-corrected chi connectivity index (χ4v) is 0.314. The highest BCUT2D eigenvalue weighted by atomic mass is 15.0. The normalized spacial score (nSPS) is 11.5. The van der Waals surface area contributed by atoms with E-state index in [9.17, 15) is 0 Å². The maximum atomic E-state index is 5.37. The SMILES string of the molecule is CNC/C=C(/N)NC. The van der Waals surface area contributed by atoms with Gasteiger partial charge in [0.1, 0.15) is 0 Å². The van der Waals surface area contributed by atoms with Gasteiger partial charge in [-0.1, -0.05) is 0 Å². The lowest BCUT2D eigenvalue weighted by molar-refractivity contribution is 0.880. The van der Waals surface area contributed by atoms with E-state index in [1.807, 2.05) is 13.1 Å². The molecule has 0 spiro atoms. The zero-order valence-electron chi connectivity index (χ0n) is 5.36. The number of rotatable bonds is 3. The molecule has 0 aliphatic carbocycles. The first-order valence-electron chi connectivity index (χ1n) is 2.59. The second-order valence-electron chi connectivity index (χ2n) is 1.47. The van der Waals surface area contributed by atoms with Crippen LogP contribution in [0.2, 0.25) is 0 Å². The van der Waals surface area contributed by atoms with Gasteiger partial charge in [-0.25, -0.2) is 0 Å². The molecule has 0 aromatic heterocycles. The van der Waals surface area contributed by atoms with Crippen LogP contribution in [0.25, 0.3) is 0 Å². The number of nitrogens with one attached hydrogen (secondary N) is 2. The van der Waals surface area contributed by atoms with E-state index in [0.717, 1.165) is 6.54 Å². The molecule has 0 fully saturated rings. The number of likely N-dealkylation sites (N-methyl/N-ethyl adjacent to an activating group) is 1. The average Bonchev–Trinajstić information content (AvgIpc) is 1.83. The van der Waals surface area contributed by atoms with E-state index in [0.29, 0.717) is 5.82 Å². The Labute approximate surface area is 49.9 Å². The third-order valence-electron chi connectivity index (χ3n) is 0.815. The van der Waals surface area contributed by atoms with Crippen molar-refractivity contribution >= 4 is 0 Å². The summed E-state index contributed by atoms with van der Waals surface area (Å²) in [6.45, 7) is 0.812. The molecule has 4 N–H and O–H groups in total. The summed E-state index contributed by atoms with van der Waals surface area (Å²) in [7, 11) is 3.67.